The quantitative estimate of drug-likeness (QED) is 0.150. The van der Waals surface area contributed by atoms with Crippen LogP contribution in [0.3, 0.4) is 0 Å². The Labute approximate surface area is 199 Å². The highest BCUT2D eigenvalue weighted by atomic mass is 32.2. The van der Waals surface area contributed by atoms with E-state index < -0.39 is 23.2 Å². The van der Waals surface area contributed by atoms with E-state index in [2.05, 4.69) is 4.72 Å². The van der Waals surface area contributed by atoms with Crippen molar-refractivity contribution < 1.29 is 22.7 Å². The fourth-order valence-electron chi connectivity index (χ4n) is 3.64. The van der Waals surface area contributed by atoms with Gasteiger partial charge in [-0.05, 0) is 60.3 Å². The van der Waals surface area contributed by atoms with Crippen molar-refractivity contribution >= 4 is 34.3 Å². The highest BCUT2D eigenvalue weighted by molar-refractivity contribution is 8.00. The summed E-state index contributed by atoms with van der Waals surface area (Å²) in [6.07, 6.45) is 2.83. The predicted molar refractivity (Wildman–Crippen MR) is 128 cm³/mol. The number of hydrogen-bond donors (Lipinski definition) is 1. The maximum Gasteiger partial charge on any atom is 0.170 e. The van der Waals surface area contributed by atoms with Gasteiger partial charge in [-0.1, -0.05) is 31.2 Å². The maximum absolute atomic E-state index is 15.1. The Kier molecular flexibility index (Phi) is 7.59. The van der Waals surface area contributed by atoms with Crippen molar-refractivity contribution in [3.63, 3.8) is 0 Å². The SMILES string of the molecule is CCCOCn1ccc2c(CC(=O)c3cccc(NSc4c(F)cccc4F)c3F)cccc21. The molecule has 0 radical (unpaired) electrons. The molecule has 1 N–H and O–H groups in total. The molecule has 0 saturated carbocycles. The third-order valence-corrected chi connectivity index (χ3v) is 6.23. The van der Waals surface area contributed by atoms with Gasteiger partial charge >= 0.3 is 0 Å². The van der Waals surface area contributed by atoms with Gasteiger partial charge in [-0.3, -0.25) is 4.79 Å². The Morgan fingerprint density at radius 1 is 1.00 bits per heavy atom. The number of ether oxygens (including phenoxy) is 1. The molecule has 0 aliphatic heterocycles. The lowest BCUT2D eigenvalue weighted by Gasteiger charge is -2.11. The zero-order valence-corrected chi connectivity index (χ0v) is 19.3. The van der Waals surface area contributed by atoms with Crippen LogP contribution >= 0.6 is 11.9 Å². The number of nitrogens with zero attached hydrogens (tertiary/aromatic N) is 1. The van der Waals surface area contributed by atoms with Crippen LogP contribution in [0.5, 0.6) is 0 Å². The minimum atomic E-state index is -0.769. The molecule has 4 rings (SSSR count). The molecule has 0 atom stereocenters. The van der Waals surface area contributed by atoms with Crippen LogP contribution in [0.1, 0.15) is 29.3 Å². The second kappa shape index (κ2) is 10.8. The molecule has 0 aliphatic rings. The standard InChI is InChI=1S/C26H23F3N2O2S/c1-2-14-33-16-31-13-12-18-17(6-3-11-23(18)31)15-24(32)19-7-4-10-22(25(19)29)30-34-26-20(27)8-5-9-21(26)28/h3-13,30H,2,14-16H2,1H3. The predicted octanol–water partition coefficient (Wildman–Crippen LogP) is 6.99. The molecular weight excluding hydrogens is 461 g/mol. The number of carbonyl (C=O) groups excluding carboxylic acids is 1. The highest BCUT2D eigenvalue weighted by Crippen LogP contribution is 2.29. The van der Waals surface area contributed by atoms with Crippen LogP contribution in [0.2, 0.25) is 0 Å². The number of fused-ring (bicyclic) bond motifs is 1. The molecule has 0 aliphatic carbocycles. The van der Waals surface area contributed by atoms with Crippen LogP contribution in [0.4, 0.5) is 18.9 Å². The lowest BCUT2D eigenvalue weighted by molar-refractivity contribution is 0.0804. The number of ketones is 1. The first-order valence-electron chi connectivity index (χ1n) is 10.8. The third-order valence-electron chi connectivity index (χ3n) is 5.31. The molecule has 176 valence electrons. The fourth-order valence-corrected chi connectivity index (χ4v) is 4.34. The average Bonchev–Trinajstić information content (AvgIpc) is 3.24. The molecule has 3 aromatic carbocycles. The van der Waals surface area contributed by atoms with Crippen molar-refractivity contribution in [2.75, 3.05) is 11.3 Å². The third kappa shape index (κ3) is 5.13. The zero-order valence-electron chi connectivity index (χ0n) is 18.5. The van der Waals surface area contributed by atoms with Gasteiger partial charge in [-0.15, -0.1) is 0 Å². The van der Waals surface area contributed by atoms with Crippen LogP contribution in [-0.4, -0.2) is 17.0 Å². The lowest BCUT2D eigenvalue weighted by atomic mass is 9.99. The van der Waals surface area contributed by atoms with E-state index in [9.17, 15) is 13.6 Å². The summed E-state index contributed by atoms with van der Waals surface area (Å²) in [7, 11) is 0. The molecule has 0 bridgehead atoms. The van der Waals surface area contributed by atoms with E-state index in [0.717, 1.165) is 35.0 Å². The van der Waals surface area contributed by atoms with Crippen molar-refractivity contribution in [1.29, 1.82) is 0 Å². The summed E-state index contributed by atoms with van der Waals surface area (Å²) < 4.78 is 53.0. The largest absolute Gasteiger partial charge is 0.361 e. The van der Waals surface area contributed by atoms with E-state index in [0.29, 0.717) is 25.3 Å². The molecule has 0 fully saturated rings. The molecule has 4 aromatic rings. The minimum absolute atomic E-state index is 0.00658. The first-order chi connectivity index (χ1) is 16.5. The Bertz CT molecular complexity index is 1300. The summed E-state index contributed by atoms with van der Waals surface area (Å²) in [5.74, 6) is -2.68. The van der Waals surface area contributed by atoms with Gasteiger partial charge in [0, 0.05) is 24.6 Å². The molecule has 4 nitrogen and oxygen atoms in total. The Morgan fingerprint density at radius 2 is 1.74 bits per heavy atom. The van der Waals surface area contributed by atoms with Gasteiger partial charge in [-0.2, -0.15) is 0 Å². The van der Waals surface area contributed by atoms with Gasteiger partial charge in [0.15, 0.2) is 11.6 Å². The molecule has 0 unspecified atom stereocenters. The van der Waals surface area contributed by atoms with Crippen molar-refractivity contribution in [2.24, 2.45) is 0 Å². The summed E-state index contributed by atoms with van der Waals surface area (Å²) in [6.45, 7) is 3.11. The van der Waals surface area contributed by atoms with E-state index in [1.54, 1.807) is 0 Å². The van der Waals surface area contributed by atoms with Gasteiger partial charge in [0.1, 0.15) is 18.4 Å². The van der Waals surface area contributed by atoms with E-state index in [4.69, 9.17) is 4.74 Å². The van der Waals surface area contributed by atoms with Gasteiger partial charge < -0.3 is 14.0 Å². The zero-order chi connectivity index (χ0) is 24.1. The summed E-state index contributed by atoms with van der Waals surface area (Å²) in [4.78, 5) is 12.7. The molecule has 0 spiro atoms. The van der Waals surface area contributed by atoms with Crippen LogP contribution < -0.4 is 4.72 Å². The fraction of sp³-hybridized carbons (Fsp3) is 0.192. The summed E-state index contributed by atoms with van der Waals surface area (Å²) in [5.41, 5.74) is 1.58. The van der Waals surface area contributed by atoms with Gasteiger partial charge in [-0.25, -0.2) is 13.2 Å². The molecule has 0 saturated heterocycles. The van der Waals surface area contributed by atoms with E-state index in [1.807, 2.05) is 42.0 Å². The number of aromatic nitrogens is 1. The number of rotatable bonds is 10. The number of halogens is 3. The minimum Gasteiger partial charge on any atom is -0.361 e. The van der Waals surface area contributed by atoms with Crippen molar-refractivity contribution in [3.8, 4) is 0 Å². The normalized spacial score (nSPS) is 11.2. The Balaban J connectivity index is 1.52. The highest BCUT2D eigenvalue weighted by Gasteiger charge is 2.18. The second-order valence-electron chi connectivity index (χ2n) is 7.69. The molecule has 34 heavy (non-hydrogen) atoms. The molecule has 0 amide bonds. The smallest absolute Gasteiger partial charge is 0.170 e. The average molecular weight is 485 g/mol. The summed E-state index contributed by atoms with van der Waals surface area (Å²) in [6, 6.07) is 15.4. The van der Waals surface area contributed by atoms with Crippen molar-refractivity contribution in [1.82, 2.24) is 4.57 Å². The van der Waals surface area contributed by atoms with Crippen LogP contribution in [-0.2, 0) is 17.9 Å². The number of hydrogen-bond acceptors (Lipinski definition) is 4. The van der Waals surface area contributed by atoms with E-state index in [-0.39, 0.29) is 22.6 Å². The van der Waals surface area contributed by atoms with Crippen molar-refractivity contribution in [2.45, 2.75) is 31.4 Å². The second-order valence-corrected chi connectivity index (χ2v) is 8.51. The van der Waals surface area contributed by atoms with Gasteiger partial charge in [0.05, 0.1) is 21.7 Å². The Hall–Kier alpha value is -3.23. The molecule has 8 heteroatoms. The summed E-state index contributed by atoms with van der Waals surface area (Å²) in [5, 5.41) is 0.899. The monoisotopic (exact) mass is 484 g/mol. The molecule has 1 heterocycles. The Morgan fingerprint density at radius 3 is 2.50 bits per heavy atom. The molecular formula is C26H23F3N2O2S. The number of anilines is 1. The number of benzene rings is 3. The first-order valence-corrected chi connectivity index (χ1v) is 11.6. The molecule has 1 aromatic heterocycles. The van der Waals surface area contributed by atoms with Crippen LogP contribution in [0.15, 0.2) is 71.8 Å². The van der Waals surface area contributed by atoms with Crippen molar-refractivity contribution in [3.05, 3.63) is 95.4 Å². The number of Topliss-reactive ketones (excluding diaryl/α,β-unsaturated/α-hetero) is 1. The number of carbonyl (C=O) groups is 1. The maximum atomic E-state index is 15.1. The first kappa shape index (κ1) is 23.9. The van der Waals surface area contributed by atoms with E-state index in [1.165, 1.54) is 24.3 Å². The van der Waals surface area contributed by atoms with Gasteiger partial charge in [0.25, 0.3) is 0 Å². The topological polar surface area (TPSA) is 43.3 Å². The number of nitrogens with one attached hydrogen (secondary N) is 1. The van der Waals surface area contributed by atoms with E-state index >= 15 is 4.39 Å². The van der Waals surface area contributed by atoms with Crippen LogP contribution in [0, 0.1) is 17.5 Å². The lowest BCUT2D eigenvalue weighted by Crippen LogP contribution is -2.08. The van der Waals surface area contributed by atoms with Crippen LogP contribution in [0.25, 0.3) is 10.9 Å². The summed E-state index contributed by atoms with van der Waals surface area (Å²) >= 11 is 0.612. The van der Waals surface area contributed by atoms with Gasteiger partial charge in [0.2, 0.25) is 0 Å².